The number of nitrogens with one attached hydrogen (secondary N) is 1. The summed E-state index contributed by atoms with van der Waals surface area (Å²) < 4.78 is 5.34. The number of rotatable bonds is 7. The molecule has 5 heteroatoms. The molecule has 0 spiro atoms. The molecule has 3 rings (SSSR count). The topological polar surface area (TPSA) is 58.6 Å². The molecule has 0 bridgehead atoms. The normalized spacial score (nSPS) is 18.7. The first-order valence-electron chi connectivity index (χ1n) is 10.7. The lowest BCUT2D eigenvalue weighted by molar-refractivity contribution is -0.132. The molecule has 5 nitrogen and oxygen atoms in total. The minimum atomic E-state index is -0.934. The van der Waals surface area contributed by atoms with E-state index in [-0.39, 0.29) is 11.8 Å². The third-order valence-electron chi connectivity index (χ3n) is 5.94. The van der Waals surface area contributed by atoms with Gasteiger partial charge in [-0.3, -0.25) is 9.59 Å². The maximum absolute atomic E-state index is 13.6. The maximum atomic E-state index is 13.6. The van der Waals surface area contributed by atoms with Gasteiger partial charge in [0.05, 0.1) is 7.11 Å². The Morgan fingerprint density at radius 3 is 2.70 bits per heavy atom. The number of carbonyl (C=O) groups is 2. The van der Waals surface area contributed by atoms with Gasteiger partial charge in [-0.15, -0.1) is 0 Å². The molecule has 2 aromatic carbocycles. The zero-order valence-electron chi connectivity index (χ0n) is 18.4. The van der Waals surface area contributed by atoms with Gasteiger partial charge in [0.25, 0.3) is 5.91 Å². The van der Waals surface area contributed by atoms with Gasteiger partial charge in [0.2, 0.25) is 5.91 Å². The first-order chi connectivity index (χ1) is 14.3. The van der Waals surface area contributed by atoms with E-state index in [0.717, 1.165) is 23.3 Å². The first-order valence-corrected chi connectivity index (χ1v) is 10.7. The molecule has 0 saturated heterocycles. The summed E-state index contributed by atoms with van der Waals surface area (Å²) in [4.78, 5) is 28.7. The average molecular weight is 409 g/mol. The second-order valence-electron chi connectivity index (χ2n) is 8.61. The Balaban J connectivity index is 1.95. The van der Waals surface area contributed by atoms with Gasteiger partial charge < -0.3 is 15.0 Å². The number of nitrogens with zero attached hydrogens (tertiary/aromatic N) is 1. The van der Waals surface area contributed by atoms with Gasteiger partial charge in [0, 0.05) is 18.7 Å². The monoisotopic (exact) mass is 408 g/mol. The molecule has 1 aliphatic rings. The van der Waals surface area contributed by atoms with E-state index in [1.807, 2.05) is 55.5 Å². The summed E-state index contributed by atoms with van der Waals surface area (Å²) in [5, 5.41) is 3.08. The maximum Gasteiger partial charge on any atom is 0.255 e. The SMILES string of the molecule is COc1cccc(CN2C(=O)c3ccccc3CC[C@@]2(C)C(=O)NCCC(C)C)c1. The van der Waals surface area contributed by atoms with Crippen molar-refractivity contribution in [3.8, 4) is 5.75 Å². The van der Waals surface area contributed by atoms with Crippen molar-refractivity contribution in [1.29, 1.82) is 0 Å². The zero-order valence-corrected chi connectivity index (χ0v) is 18.4. The summed E-state index contributed by atoms with van der Waals surface area (Å²) in [5.41, 5.74) is 1.68. The number of amides is 2. The van der Waals surface area contributed by atoms with Crippen molar-refractivity contribution in [1.82, 2.24) is 10.2 Å². The van der Waals surface area contributed by atoms with E-state index < -0.39 is 5.54 Å². The van der Waals surface area contributed by atoms with E-state index >= 15 is 0 Å². The molecule has 2 aromatic rings. The number of benzene rings is 2. The van der Waals surface area contributed by atoms with Crippen LogP contribution in [0.4, 0.5) is 0 Å². The van der Waals surface area contributed by atoms with Crippen LogP contribution in [0, 0.1) is 5.92 Å². The number of ether oxygens (including phenoxy) is 1. The Labute approximate surface area is 179 Å². The van der Waals surface area contributed by atoms with Gasteiger partial charge in [-0.1, -0.05) is 44.2 Å². The highest BCUT2D eigenvalue weighted by Gasteiger charge is 2.44. The molecule has 30 heavy (non-hydrogen) atoms. The van der Waals surface area contributed by atoms with Crippen LogP contribution in [0.15, 0.2) is 48.5 Å². The van der Waals surface area contributed by atoms with Gasteiger partial charge in [-0.25, -0.2) is 0 Å². The lowest BCUT2D eigenvalue weighted by atomic mass is 9.91. The Hall–Kier alpha value is -2.82. The van der Waals surface area contributed by atoms with Crippen molar-refractivity contribution >= 4 is 11.8 Å². The number of fused-ring (bicyclic) bond motifs is 1. The molecular weight excluding hydrogens is 376 g/mol. The highest BCUT2D eigenvalue weighted by molar-refractivity contribution is 6.00. The first kappa shape index (κ1) is 21.9. The molecule has 0 radical (unpaired) electrons. The highest BCUT2D eigenvalue weighted by atomic mass is 16.5. The van der Waals surface area contributed by atoms with E-state index in [2.05, 4.69) is 19.2 Å². The largest absolute Gasteiger partial charge is 0.497 e. The zero-order chi connectivity index (χ0) is 21.7. The molecule has 1 atom stereocenters. The lowest BCUT2D eigenvalue weighted by Crippen LogP contribution is -2.58. The van der Waals surface area contributed by atoms with Crippen LogP contribution in [0.25, 0.3) is 0 Å². The van der Waals surface area contributed by atoms with Crippen molar-refractivity contribution in [3.05, 3.63) is 65.2 Å². The predicted octanol–water partition coefficient (Wildman–Crippen LogP) is 4.20. The molecule has 1 N–H and O–H groups in total. The van der Waals surface area contributed by atoms with Crippen molar-refractivity contribution in [2.24, 2.45) is 5.92 Å². The smallest absolute Gasteiger partial charge is 0.255 e. The Bertz CT molecular complexity index is 909. The summed E-state index contributed by atoms with van der Waals surface area (Å²) in [6.07, 6.45) is 2.17. The van der Waals surface area contributed by atoms with Crippen molar-refractivity contribution in [2.75, 3.05) is 13.7 Å². The van der Waals surface area contributed by atoms with E-state index in [1.54, 1.807) is 12.0 Å². The average Bonchev–Trinajstić information content (AvgIpc) is 2.85. The van der Waals surface area contributed by atoms with Crippen LogP contribution in [0.5, 0.6) is 5.75 Å². The van der Waals surface area contributed by atoms with E-state index in [0.29, 0.717) is 37.4 Å². The van der Waals surface area contributed by atoms with Crippen LogP contribution in [0.3, 0.4) is 0 Å². The van der Waals surface area contributed by atoms with Crippen LogP contribution in [-0.2, 0) is 17.8 Å². The minimum Gasteiger partial charge on any atom is -0.497 e. The van der Waals surface area contributed by atoms with Crippen LogP contribution in [0.1, 0.15) is 55.1 Å². The number of methoxy groups -OCH3 is 1. The third-order valence-corrected chi connectivity index (χ3v) is 5.94. The Morgan fingerprint density at radius 1 is 1.20 bits per heavy atom. The fourth-order valence-corrected chi connectivity index (χ4v) is 3.93. The van der Waals surface area contributed by atoms with Gasteiger partial charge in [0.15, 0.2) is 0 Å². The van der Waals surface area contributed by atoms with E-state index in [4.69, 9.17) is 4.74 Å². The second-order valence-corrected chi connectivity index (χ2v) is 8.61. The minimum absolute atomic E-state index is 0.0906. The molecule has 0 aliphatic carbocycles. The van der Waals surface area contributed by atoms with Gasteiger partial charge >= 0.3 is 0 Å². The molecule has 0 unspecified atom stereocenters. The van der Waals surface area contributed by atoms with Crippen molar-refractivity contribution in [2.45, 2.75) is 52.1 Å². The van der Waals surface area contributed by atoms with E-state index in [1.165, 1.54) is 0 Å². The number of hydrogen-bond donors (Lipinski definition) is 1. The summed E-state index contributed by atoms with van der Waals surface area (Å²) in [5.74, 6) is 1.05. The molecule has 2 amide bonds. The molecule has 160 valence electrons. The van der Waals surface area contributed by atoms with Crippen LogP contribution in [-0.4, -0.2) is 35.9 Å². The molecule has 0 saturated carbocycles. The number of aryl methyl sites for hydroxylation is 1. The molecule has 1 aliphatic heterocycles. The third kappa shape index (κ3) is 4.66. The summed E-state index contributed by atoms with van der Waals surface area (Å²) in [6.45, 7) is 7.11. The van der Waals surface area contributed by atoms with Crippen LogP contribution in [0.2, 0.25) is 0 Å². The van der Waals surface area contributed by atoms with Crippen LogP contribution < -0.4 is 10.1 Å². The Morgan fingerprint density at radius 2 is 1.97 bits per heavy atom. The van der Waals surface area contributed by atoms with Crippen molar-refractivity contribution in [3.63, 3.8) is 0 Å². The molecular formula is C25H32N2O3. The quantitative estimate of drug-likeness (QED) is 0.747. The molecule has 0 aromatic heterocycles. The second kappa shape index (κ2) is 9.33. The lowest BCUT2D eigenvalue weighted by Gasteiger charge is -2.39. The predicted molar refractivity (Wildman–Crippen MR) is 119 cm³/mol. The summed E-state index contributed by atoms with van der Waals surface area (Å²) in [6, 6.07) is 15.3. The fraction of sp³-hybridized carbons (Fsp3) is 0.440. The number of carbonyl (C=O) groups excluding carboxylic acids is 2. The van der Waals surface area contributed by atoms with Gasteiger partial charge in [0.1, 0.15) is 11.3 Å². The number of hydrogen-bond acceptors (Lipinski definition) is 3. The van der Waals surface area contributed by atoms with Crippen LogP contribution >= 0.6 is 0 Å². The molecule has 0 fully saturated rings. The van der Waals surface area contributed by atoms with Gasteiger partial charge in [-0.05, 0) is 61.4 Å². The van der Waals surface area contributed by atoms with Crippen molar-refractivity contribution < 1.29 is 14.3 Å². The summed E-state index contributed by atoms with van der Waals surface area (Å²) in [7, 11) is 1.62. The fourth-order valence-electron chi connectivity index (χ4n) is 3.93. The molecule has 1 heterocycles. The summed E-state index contributed by atoms with van der Waals surface area (Å²) >= 11 is 0. The van der Waals surface area contributed by atoms with E-state index in [9.17, 15) is 9.59 Å². The highest BCUT2D eigenvalue weighted by Crippen LogP contribution is 2.32. The Kier molecular flexibility index (Phi) is 6.80. The van der Waals surface area contributed by atoms with Gasteiger partial charge in [-0.2, -0.15) is 0 Å². The standard InChI is InChI=1S/C25H32N2O3/c1-18(2)13-15-26-24(29)25(3)14-12-20-9-5-6-11-22(20)23(28)27(25)17-19-8-7-10-21(16-19)30-4/h5-11,16,18H,12-15,17H2,1-4H3,(H,26,29)/t25-/m0/s1.